The number of phenolic OH excluding ortho intramolecular Hbond substituents is 3. The molecule has 2 aliphatic heterocycles. The molecule has 0 unspecified atom stereocenters. The van der Waals surface area contributed by atoms with Crippen LogP contribution in [0.2, 0.25) is 0 Å². The molecular weight excluding hydrogens is 552 g/mol. The maximum Gasteiger partial charge on any atom is 0.229 e. The van der Waals surface area contributed by atoms with Gasteiger partial charge < -0.3 is 69.3 Å². The highest BCUT2D eigenvalue weighted by atomic mass is 16.7. The number of aromatic hydroxyl groups is 3. The Kier molecular flexibility index (Phi) is 8.06. The minimum absolute atomic E-state index is 0.0104. The zero-order chi connectivity index (χ0) is 29.6. The van der Waals surface area contributed by atoms with Gasteiger partial charge in [-0.2, -0.15) is 0 Å². The van der Waals surface area contributed by atoms with E-state index in [-0.39, 0.29) is 40.4 Å². The van der Waals surface area contributed by atoms with Crippen molar-refractivity contribution >= 4 is 11.0 Å². The SMILES string of the molecule is O=c1cc(-c2ccc(O)c(O)c2)oc2cc(O[C@H]3O[C@H](CO[C@@H]4OC[C@@H](O)[C@@H](O)[C@@H]4O)[C@@H](O)[C@H](O)[C@H]3O)cc(O)c12. The monoisotopic (exact) mass is 580 g/mol. The molecule has 9 N–H and O–H groups in total. The molecule has 0 radical (unpaired) electrons. The fourth-order valence-electron chi connectivity index (χ4n) is 4.53. The smallest absolute Gasteiger partial charge is 0.229 e. The molecule has 1 aromatic heterocycles. The van der Waals surface area contributed by atoms with E-state index in [4.69, 9.17) is 23.4 Å². The Morgan fingerprint density at radius 1 is 0.780 bits per heavy atom. The van der Waals surface area contributed by atoms with E-state index in [1.165, 1.54) is 24.3 Å². The average molecular weight is 580 g/mol. The highest BCUT2D eigenvalue weighted by Crippen LogP contribution is 2.35. The Labute approximate surface area is 230 Å². The first-order valence-electron chi connectivity index (χ1n) is 12.4. The van der Waals surface area contributed by atoms with Crippen LogP contribution in [0.3, 0.4) is 0 Å². The van der Waals surface area contributed by atoms with Gasteiger partial charge in [-0.25, -0.2) is 0 Å². The molecule has 3 aromatic rings. The third kappa shape index (κ3) is 5.67. The summed E-state index contributed by atoms with van der Waals surface area (Å²) < 4.78 is 27.4. The molecule has 2 aromatic carbocycles. The van der Waals surface area contributed by atoms with Crippen molar-refractivity contribution in [2.24, 2.45) is 0 Å². The summed E-state index contributed by atoms with van der Waals surface area (Å²) in [6.45, 7) is -0.836. The first-order chi connectivity index (χ1) is 19.4. The molecule has 15 heteroatoms. The van der Waals surface area contributed by atoms with Crippen molar-refractivity contribution in [2.45, 2.75) is 55.3 Å². The van der Waals surface area contributed by atoms with Crippen molar-refractivity contribution in [3.63, 3.8) is 0 Å². The van der Waals surface area contributed by atoms with E-state index < -0.39 is 78.8 Å². The second-order valence-electron chi connectivity index (χ2n) is 9.71. The van der Waals surface area contributed by atoms with Gasteiger partial charge in [-0.3, -0.25) is 4.79 Å². The summed E-state index contributed by atoms with van der Waals surface area (Å²) in [7, 11) is 0. The number of rotatable bonds is 6. The Hall–Kier alpha value is -3.51. The minimum atomic E-state index is -1.79. The molecule has 0 amide bonds. The molecule has 3 heterocycles. The second kappa shape index (κ2) is 11.4. The van der Waals surface area contributed by atoms with Crippen LogP contribution in [0.5, 0.6) is 23.0 Å². The molecule has 0 bridgehead atoms. The van der Waals surface area contributed by atoms with E-state index in [0.717, 1.165) is 12.1 Å². The molecule has 2 aliphatic rings. The molecule has 0 aliphatic carbocycles. The Morgan fingerprint density at radius 2 is 1.51 bits per heavy atom. The highest BCUT2D eigenvalue weighted by molar-refractivity contribution is 5.86. The van der Waals surface area contributed by atoms with E-state index in [0.29, 0.717) is 0 Å². The maximum absolute atomic E-state index is 12.7. The van der Waals surface area contributed by atoms with Gasteiger partial charge in [0.05, 0.1) is 13.2 Å². The van der Waals surface area contributed by atoms with Crippen LogP contribution in [0, 0.1) is 0 Å². The van der Waals surface area contributed by atoms with Gasteiger partial charge in [0, 0.05) is 23.8 Å². The molecule has 5 rings (SSSR count). The number of benzene rings is 2. The third-order valence-electron chi connectivity index (χ3n) is 6.84. The fourth-order valence-corrected chi connectivity index (χ4v) is 4.53. The zero-order valence-electron chi connectivity index (χ0n) is 21.0. The van der Waals surface area contributed by atoms with Crippen molar-refractivity contribution in [2.75, 3.05) is 13.2 Å². The van der Waals surface area contributed by atoms with Crippen LogP contribution in [0.4, 0.5) is 0 Å². The third-order valence-corrected chi connectivity index (χ3v) is 6.84. The maximum atomic E-state index is 12.7. The van der Waals surface area contributed by atoms with Gasteiger partial charge in [-0.05, 0) is 18.2 Å². The van der Waals surface area contributed by atoms with Gasteiger partial charge in [0.15, 0.2) is 23.2 Å². The molecule has 0 saturated carbocycles. The number of aliphatic hydroxyl groups excluding tert-OH is 6. The second-order valence-corrected chi connectivity index (χ2v) is 9.71. The van der Waals surface area contributed by atoms with E-state index in [1.807, 2.05) is 0 Å². The van der Waals surface area contributed by atoms with Gasteiger partial charge in [0.25, 0.3) is 0 Å². The topological polar surface area (TPSA) is 249 Å². The van der Waals surface area contributed by atoms with Crippen LogP contribution in [0.15, 0.2) is 45.6 Å². The lowest BCUT2D eigenvalue weighted by molar-refractivity contribution is -0.307. The normalized spacial score (nSPS) is 32.2. The molecule has 2 saturated heterocycles. The number of fused-ring (bicyclic) bond motifs is 1. The Morgan fingerprint density at radius 3 is 2.24 bits per heavy atom. The van der Waals surface area contributed by atoms with Crippen molar-refractivity contribution in [3.8, 4) is 34.3 Å². The summed E-state index contributed by atoms with van der Waals surface area (Å²) in [6, 6.07) is 7.08. The number of phenols is 3. The Bertz CT molecular complexity index is 1460. The van der Waals surface area contributed by atoms with E-state index in [1.54, 1.807) is 0 Å². The predicted octanol–water partition coefficient (Wildman–Crippen LogP) is -1.78. The molecule has 41 heavy (non-hydrogen) atoms. The zero-order valence-corrected chi connectivity index (χ0v) is 21.0. The quantitative estimate of drug-likeness (QED) is 0.146. The Balaban J connectivity index is 1.36. The summed E-state index contributed by atoms with van der Waals surface area (Å²) in [6.07, 6.45) is -14.1. The standard InChI is InChI=1S/C26H28O15/c27-11-2-1-9(3-12(11)28)16-6-14(30)19-13(29)4-10(5-17(19)40-16)39-26-24(36)22(34)21(33)18(41-26)8-38-25-23(35)20(32)15(31)7-37-25/h1-6,15,18,20-29,31-36H,7-8H2/t15-,18-,20-,21-,22+,23+,24-,25+,26+/m1/s1. The first-order valence-corrected chi connectivity index (χ1v) is 12.4. The average Bonchev–Trinajstić information content (AvgIpc) is 2.93. The molecular formula is C26H28O15. The summed E-state index contributed by atoms with van der Waals surface area (Å²) >= 11 is 0. The van der Waals surface area contributed by atoms with Crippen LogP contribution in [-0.4, -0.2) is 114 Å². The molecule has 222 valence electrons. The number of ether oxygens (including phenoxy) is 4. The summed E-state index contributed by atoms with van der Waals surface area (Å²) in [4.78, 5) is 12.7. The lowest BCUT2D eigenvalue weighted by Gasteiger charge is -2.41. The van der Waals surface area contributed by atoms with Crippen molar-refractivity contribution in [1.82, 2.24) is 0 Å². The van der Waals surface area contributed by atoms with Crippen LogP contribution < -0.4 is 10.2 Å². The number of hydrogen-bond acceptors (Lipinski definition) is 15. The predicted molar refractivity (Wildman–Crippen MR) is 134 cm³/mol. The molecule has 15 nitrogen and oxygen atoms in total. The summed E-state index contributed by atoms with van der Waals surface area (Å²) in [5, 5.41) is 90.3. The van der Waals surface area contributed by atoms with E-state index in [9.17, 15) is 50.8 Å². The first kappa shape index (κ1) is 29.0. The van der Waals surface area contributed by atoms with Crippen LogP contribution >= 0.6 is 0 Å². The number of hydrogen-bond donors (Lipinski definition) is 9. The summed E-state index contributed by atoms with van der Waals surface area (Å²) in [5.41, 5.74) is -0.539. The van der Waals surface area contributed by atoms with Gasteiger partial charge in [-0.15, -0.1) is 0 Å². The van der Waals surface area contributed by atoms with Gasteiger partial charge in [-0.1, -0.05) is 0 Å². The van der Waals surface area contributed by atoms with Gasteiger partial charge >= 0.3 is 0 Å². The molecule has 2 fully saturated rings. The van der Waals surface area contributed by atoms with E-state index >= 15 is 0 Å². The number of aliphatic hydroxyl groups is 6. The lowest BCUT2D eigenvalue weighted by atomic mass is 9.99. The van der Waals surface area contributed by atoms with Crippen LogP contribution in [0.25, 0.3) is 22.3 Å². The van der Waals surface area contributed by atoms with Crippen molar-refractivity contribution < 1.29 is 69.3 Å². The summed E-state index contributed by atoms with van der Waals surface area (Å²) in [5.74, 6) is -1.55. The van der Waals surface area contributed by atoms with E-state index in [2.05, 4.69) is 0 Å². The molecule has 9 atom stereocenters. The van der Waals surface area contributed by atoms with Gasteiger partial charge in [0.2, 0.25) is 6.29 Å². The van der Waals surface area contributed by atoms with Crippen LogP contribution in [-0.2, 0) is 14.2 Å². The fraction of sp³-hybridized carbons (Fsp3) is 0.423. The van der Waals surface area contributed by atoms with Crippen molar-refractivity contribution in [1.29, 1.82) is 0 Å². The lowest BCUT2D eigenvalue weighted by Crippen LogP contribution is -2.61. The largest absolute Gasteiger partial charge is 0.507 e. The minimum Gasteiger partial charge on any atom is -0.507 e. The van der Waals surface area contributed by atoms with Crippen molar-refractivity contribution in [3.05, 3.63) is 46.6 Å². The highest BCUT2D eigenvalue weighted by Gasteiger charge is 2.46. The van der Waals surface area contributed by atoms with Crippen LogP contribution in [0.1, 0.15) is 0 Å². The van der Waals surface area contributed by atoms with Gasteiger partial charge in [0.1, 0.15) is 71.0 Å². The molecule has 0 spiro atoms.